The standard InChI is InChI=1S/C29H50O3/c1-19(9-14-26(31)32-27(2,3)4)23-12-13-25-22-11-10-20-18-21(30)15-17-28(20,5)24(22)8-7-16-29(23,25)6/h19-25,30H,7-18H2,1-6H3. The van der Waals surface area contributed by atoms with E-state index in [1.807, 2.05) is 20.8 Å². The Labute approximate surface area is 197 Å². The van der Waals surface area contributed by atoms with E-state index in [4.69, 9.17) is 4.74 Å². The van der Waals surface area contributed by atoms with Crippen LogP contribution in [0.25, 0.3) is 0 Å². The third-order valence-corrected chi connectivity index (χ3v) is 10.9. The van der Waals surface area contributed by atoms with Crippen LogP contribution in [-0.2, 0) is 9.53 Å². The zero-order chi connectivity index (χ0) is 23.3. The molecular formula is C29H50O3. The number of ether oxygens (including phenoxy) is 1. The lowest BCUT2D eigenvalue weighted by Crippen LogP contribution is -2.50. The van der Waals surface area contributed by atoms with E-state index in [0.29, 0.717) is 23.2 Å². The Hall–Kier alpha value is -0.570. The van der Waals surface area contributed by atoms with Crippen molar-refractivity contribution in [2.75, 3.05) is 0 Å². The number of carbonyl (C=O) groups excluding carboxylic acids is 1. The van der Waals surface area contributed by atoms with Gasteiger partial charge >= 0.3 is 5.97 Å². The van der Waals surface area contributed by atoms with Gasteiger partial charge in [-0.15, -0.1) is 0 Å². The van der Waals surface area contributed by atoms with Gasteiger partial charge in [-0.2, -0.15) is 0 Å². The molecule has 0 heterocycles. The summed E-state index contributed by atoms with van der Waals surface area (Å²) in [6.45, 7) is 13.5. The molecule has 0 aliphatic heterocycles. The van der Waals surface area contributed by atoms with Crippen molar-refractivity contribution in [3.63, 3.8) is 0 Å². The summed E-state index contributed by atoms with van der Waals surface area (Å²) < 4.78 is 5.59. The second kappa shape index (κ2) is 8.90. The number of hydrogen-bond donors (Lipinski definition) is 1. The molecule has 184 valence electrons. The first-order valence-corrected chi connectivity index (χ1v) is 13.8. The maximum Gasteiger partial charge on any atom is 0.306 e. The summed E-state index contributed by atoms with van der Waals surface area (Å²) in [4.78, 5) is 12.3. The number of aliphatic hydroxyl groups is 1. The summed E-state index contributed by atoms with van der Waals surface area (Å²) in [6, 6.07) is 0. The molecule has 0 amide bonds. The maximum atomic E-state index is 12.3. The Bertz CT molecular complexity index is 680. The quantitative estimate of drug-likeness (QED) is 0.466. The van der Waals surface area contributed by atoms with Crippen molar-refractivity contribution >= 4 is 5.97 Å². The van der Waals surface area contributed by atoms with Crippen LogP contribution in [0.1, 0.15) is 119 Å². The van der Waals surface area contributed by atoms with Crippen molar-refractivity contribution in [2.24, 2.45) is 46.3 Å². The summed E-state index contributed by atoms with van der Waals surface area (Å²) in [7, 11) is 0. The van der Waals surface area contributed by atoms with Crippen LogP contribution in [0.3, 0.4) is 0 Å². The van der Waals surface area contributed by atoms with Crippen molar-refractivity contribution < 1.29 is 14.6 Å². The molecule has 0 aromatic heterocycles. The SMILES string of the molecule is CC(CCC(=O)OC(C)(C)C)C1CCC2C3CCC4CC(O)CCC4(C)C3CCCC12C. The van der Waals surface area contributed by atoms with Crippen LogP contribution < -0.4 is 0 Å². The maximum absolute atomic E-state index is 12.3. The van der Waals surface area contributed by atoms with E-state index >= 15 is 0 Å². The van der Waals surface area contributed by atoms with E-state index in [1.165, 1.54) is 51.4 Å². The van der Waals surface area contributed by atoms with Crippen molar-refractivity contribution in [3.8, 4) is 0 Å². The van der Waals surface area contributed by atoms with Crippen molar-refractivity contribution in [2.45, 2.75) is 130 Å². The minimum Gasteiger partial charge on any atom is -0.460 e. The number of fused-ring (bicyclic) bond motifs is 5. The molecule has 0 bridgehead atoms. The molecule has 0 aromatic carbocycles. The molecule has 3 nitrogen and oxygen atoms in total. The highest BCUT2D eigenvalue weighted by Gasteiger charge is 2.58. The van der Waals surface area contributed by atoms with Crippen molar-refractivity contribution in [3.05, 3.63) is 0 Å². The normalized spacial score (nSPS) is 45.2. The highest BCUT2D eigenvalue weighted by Crippen LogP contribution is 2.66. The second-order valence-corrected chi connectivity index (χ2v) is 13.8. The van der Waals surface area contributed by atoms with E-state index in [2.05, 4.69) is 20.8 Å². The summed E-state index contributed by atoms with van der Waals surface area (Å²) in [6.07, 6.45) is 14.4. The fourth-order valence-corrected chi connectivity index (χ4v) is 9.39. The van der Waals surface area contributed by atoms with Gasteiger partial charge in [0.15, 0.2) is 0 Å². The predicted molar refractivity (Wildman–Crippen MR) is 130 cm³/mol. The molecule has 9 atom stereocenters. The molecule has 32 heavy (non-hydrogen) atoms. The third kappa shape index (κ3) is 4.53. The summed E-state index contributed by atoms with van der Waals surface area (Å²) in [5.74, 6) is 4.63. The van der Waals surface area contributed by atoms with Gasteiger partial charge in [0.1, 0.15) is 5.60 Å². The Morgan fingerprint density at radius 1 is 1.00 bits per heavy atom. The average Bonchev–Trinajstić information content (AvgIpc) is 2.95. The molecule has 4 fully saturated rings. The molecule has 4 rings (SSSR count). The van der Waals surface area contributed by atoms with Crippen LogP contribution >= 0.6 is 0 Å². The average molecular weight is 447 g/mol. The Morgan fingerprint density at radius 3 is 2.44 bits per heavy atom. The highest BCUT2D eigenvalue weighted by atomic mass is 16.6. The Morgan fingerprint density at radius 2 is 1.72 bits per heavy atom. The number of rotatable bonds is 4. The van der Waals surface area contributed by atoms with Gasteiger partial charge in [0.05, 0.1) is 6.10 Å². The van der Waals surface area contributed by atoms with Gasteiger partial charge in [-0.3, -0.25) is 4.79 Å². The summed E-state index contributed by atoms with van der Waals surface area (Å²) in [5, 5.41) is 10.3. The first-order valence-electron chi connectivity index (χ1n) is 13.8. The van der Waals surface area contributed by atoms with Crippen LogP contribution in [0.5, 0.6) is 0 Å². The van der Waals surface area contributed by atoms with Crippen LogP contribution in [0.15, 0.2) is 0 Å². The lowest BCUT2D eigenvalue weighted by molar-refractivity contribution is -0.155. The van der Waals surface area contributed by atoms with Crippen LogP contribution in [0, 0.1) is 46.3 Å². The number of esters is 1. The molecule has 3 heteroatoms. The van der Waals surface area contributed by atoms with E-state index in [0.717, 1.165) is 48.9 Å². The Kier molecular flexibility index (Phi) is 6.83. The minimum absolute atomic E-state index is 0.0317. The second-order valence-electron chi connectivity index (χ2n) is 13.8. The Balaban J connectivity index is 1.45. The van der Waals surface area contributed by atoms with Crippen molar-refractivity contribution in [1.82, 2.24) is 0 Å². The molecule has 4 saturated carbocycles. The van der Waals surface area contributed by atoms with Gasteiger partial charge in [-0.25, -0.2) is 0 Å². The molecule has 4 aliphatic rings. The van der Waals surface area contributed by atoms with E-state index in [-0.39, 0.29) is 17.7 Å². The van der Waals surface area contributed by atoms with Gasteiger partial charge in [-0.1, -0.05) is 27.2 Å². The van der Waals surface area contributed by atoms with Gasteiger partial charge in [0.2, 0.25) is 0 Å². The van der Waals surface area contributed by atoms with Gasteiger partial charge in [0, 0.05) is 6.42 Å². The minimum atomic E-state index is -0.384. The van der Waals surface area contributed by atoms with Crippen LogP contribution in [0.2, 0.25) is 0 Å². The number of aliphatic hydroxyl groups excluding tert-OH is 1. The molecule has 9 unspecified atom stereocenters. The van der Waals surface area contributed by atoms with Crippen LogP contribution in [-0.4, -0.2) is 22.8 Å². The first-order chi connectivity index (χ1) is 14.9. The predicted octanol–water partition coefficient (Wildman–Crippen LogP) is 7.15. The molecular weight excluding hydrogens is 396 g/mol. The molecule has 1 N–H and O–H groups in total. The van der Waals surface area contributed by atoms with E-state index < -0.39 is 0 Å². The fraction of sp³-hybridized carbons (Fsp3) is 0.966. The molecule has 4 aliphatic carbocycles. The molecule has 0 saturated heterocycles. The highest BCUT2D eigenvalue weighted by molar-refractivity contribution is 5.69. The van der Waals surface area contributed by atoms with Crippen LogP contribution in [0.4, 0.5) is 0 Å². The third-order valence-electron chi connectivity index (χ3n) is 10.9. The topological polar surface area (TPSA) is 46.5 Å². The molecule has 0 spiro atoms. The molecule has 0 aromatic rings. The fourth-order valence-electron chi connectivity index (χ4n) is 9.39. The number of carbonyl (C=O) groups is 1. The zero-order valence-electron chi connectivity index (χ0n) is 21.8. The summed E-state index contributed by atoms with van der Waals surface area (Å²) in [5.41, 5.74) is 0.503. The first kappa shape index (κ1) is 24.6. The van der Waals surface area contributed by atoms with E-state index in [9.17, 15) is 9.90 Å². The molecule has 0 radical (unpaired) electrons. The lowest BCUT2D eigenvalue weighted by atomic mass is 9.49. The largest absolute Gasteiger partial charge is 0.460 e. The van der Waals surface area contributed by atoms with Crippen molar-refractivity contribution in [1.29, 1.82) is 0 Å². The van der Waals surface area contributed by atoms with E-state index in [1.54, 1.807) is 0 Å². The van der Waals surface area contributed by atoms with Gasteiger partial charge in [0.25, 0.3) is 0 Å². The number of hydrogen-bond acceptors (Lipinski definition) is 3. The lowest BCUT2D eigenvalue weighted by Gasteiger charge is -2.56. The van der Waals surface area contributed by atoms with Gasteiger partial charge in [-0.05, 0) is 131 Å². The monoisotopic (exact) mass is 446 g/mol. The van der Waals surface area contributed by atoms with Gasteiger partial charge < -0.3 is 9.84 Å². The zero-order valence-corrected chi connectivity index (χ0v) is 21.8. The summed E-state index contributed by atoms with van der Waals surface area (Å²) >= 11 is 0. The smallest absolute Gasteiger partial charge is 0.306 e.